The number of alkyl halides is 3. The van der Waals surface area contributed by atoms with E-state index >= 15 is 0 Å². The highest BCUT2D eigenvalue weighted by atomic mass is 19.4. The number of aromatic nitrogens is 3. The van der Waals surface area contributed by atoms with E-state index in [0.717, 1.165) is 18.2 Å². The molecular weight excluding hydrogens is 546 g/mol. The van der Waals surface area contributed by atoms with Gasteiger partial charge in [-0.3, -0.25) is 14.7 Å². The van der Waals surface area contributed by atoms with Gasteiger partial charge in [-0.15, -0.1) is 0 Å². The minimum Gasteiger partial charge on any atom is -0.489 e. The van der Waals surface area contributed by atoms with Gasteiger partial charge >= 0.3 is 6.18 Å². The molecule has 0 fully saturated rings. The van der Waals surface area contributed by atoms with E-state index in [2.05, 4.69) is 20.5 Å². The second-order valence-corrected chi connectivity index (χ2v) is 9.78. The average Bonchev–Trinajstić information content (AvgIpc) is 3.57. The number of nitrogens with zero attached hydrogens (tertiary/aromatic N) is 2. The third-order valence-corrected chi connectivity index (χ3v) is 7.06. The third-order valence-electron chi connectivity index (χ3n) is 7.06. The topological polar surface area (TPSA) is 143 Å². The lowest BCUT2D eigenvalue weighted by molar-refractivity contribution is -0.265. The molecule has 41 heavy (non-hydrogen) atoms. The predicted molar refractivity (Wildman–Crippen MR) is 138 cm³/mol. The highest BCUT2D eigenvalue weighted by molar-refractivity contribution is 5.99. The fourth-order valence-corrected chi connectivity index (χ4v) is 4.52. The fraction of sp³-hybridized carbons (Fsp3) is 0.214. The number of fused-ring (bicyclic) bond motifs is 1. The minimum atomic E-state index is -5.34. The van der Waals surface area contributed by atoms with Gasteiger partial charge in [0.1, 0.15) is 35.0 Å². The lowest BCUT2D eigenvalue weighted by Crippen LogP contribution is -2.51. The minimum absolute atomic E-state index is 0.0267. The average molecular weight is 570 g/mol. The molecule has 0 bridgehead atoms. The van der Waals surface area contributed by atoms with Crippen molar-refractivity contribution in [2.24, 2.45) is 5.73 Å². The number of primary amides is 1. The van der Waals surface area contributed by atoms with Crippen molar-refractivity contribution < 1.29 is 37.0 Å². The molecule has 212 valence electrons. The van der Waals surface area contributed by atoms with Crippen LogP contribution < -0.4 is 15.8 Å². The Labute approximate surface area is 230 Å². The number of pyridine rings is 1. The Bertz CT molecular complexity index is 1620. The summed E-state index contributed by atoms with van der Waals surface area (Å²) in [6.45, 7) is -0.240. The number of H-pyrrole nitrogens is 1. The Hall–Kier alpha value is -4.78. The van der Waals surface area contributed by atoms with Crippen molar-refractivity contribution in [2.45, 2.75) is 24.1 Å². The van der Waals surface area contributed by atoms with Crippen LogP contribution in [-0.2, 0) is 15.8 Å². The first-order valence-electron chi connectivity index (χ1n) is 12.3. The van der Waals surface area contributed by atoms with Gasteiger partial charge in [0.2, 0.25) is 11.5 Å². The third kappa shape index (κ3) is 4.78. The van der Waals surface area contributed by atoms with Crippen LogP contribution in [0.2, 0.25) is 0 Å². The van der Waals surface area contributed by atoms with E-state index in [-0.39, 0.29) is 40.4 Å². The Morgan fingerprint density at radius 1 is 1.10 bits per heavy atom. The van der Waals surface area contributed by atoms with Crippen LogP contribution in [0.4, 0.5) is 17.6 Å². The number of benzene rings is 2. The zero-order valence-electron chi connectivity index (χ0n) is 21.4. The molecule has 2 atom stereocenters. The molecule has 1 aliphatic rings. The fourth-order valence-electron chi connectivity index (χ4n) is 4.52. The molecule has 1 unspecified atom stereocenters. The summed E-state index contributed by atoms with van der Waals surface area (Å²) in [5, 5.41) is 19.8. The maximum atomic E-state index is 14.6. The number of aromatic amines is 1. The summed E-state index contributed by atoms with van der Waals surface area (Å²) >= 11 is 0. The molecule has 0 aliphatic carbocycles. The van der Waals surface area contributed by atoms with Gasteiger partial charge < -0.3 is 20.9 Å². The van der Waals surface area contributed by atoms with Crippen molar-refractivity contribution in [3.05, 3.63) is 89.5 Å². The summed E-state index contributed by atoms with van der Waals surface area (Å²) in [6, 6.07) is 14.1. The van der Waals surface area contributed by atoms with Crippen LogP contribution in [0, 0.1) is 5.82 Å². The second kappa shape index (κ2) is 10.0. The number of amides is 2. The summed E-state index contributed by atoms with van der Waals surface area (Å²) in [5.74, 6) is -2.45. The number of carbonyl (C=O) groups excluding carboxylic acids is 2. The van der Waals surface area contributed by atoms with Crippen molar-refractivity contribution in [1.82, 2.24) is 20.5 Å². The number of hydrogen-bond acceptors (Lipinski definition) is 6. The number of nitrogens with two attached hydrogens (primary N) is 1. The molecule has 0 saturated carbocycles. The van der Waals surface area contributed by atoms with E-state index in [1.54, 1.807) is 30.3 Å². The first kappa shape index (κ1) is 27.8. The van der Waals surface area contributed by atoms with Crippen LogP contribution in [0.15, 0.2) is 66.9 Å². The molecule has 13 heteroatoms. The highest BCUT2D eigenvalue weighted by Gasteiger charge is 2.57. The molecule has 0 spiro atoms. The second-order valence-electron chi connectivity index (χ2n) is 9.78. The molecule has 0 saturated heterocycles. The first-order chi connectivity index (χ1) is 19.3. The van der Waals surface area contributed by atoms with Crippen LogP contribution in [0.3, 0.4) is 0 Å². The van der Waals surface area contributed by atoms with Crippen molar-refractivity contribution in [2.75, 3.05) is 13.2 Å². The maximum absolute atomic E-state index is 14.6. The number of nitrogens with one attached hydrogen (secondary N) is 2. The normalized spacial score (nSPS) is 17.8. The number of halogens is 4. The van der Waals surface area contributed by atoms with E-state index in [1.807, 2.05) is 0 Å². The monoisotopic (exact) mass is 569 g/mol. The molecule has 3 heterocycles. The van der Waals surface area contributed by atoms with Crippen molar-refractivity contribution in [3.63, 3.8) is 0 Å². The summed E-state index contributed by atoms with van der Waals surface area (Å²) < 4.78 is 63.0. The molecule has 4 aromatic rings. The van der Waals surface area contributed by atoms with Gasteiger partial charge in [0.15, 0.2) is 0 Å². The van der Waals surface area contributed by atoms with E-state index in [9.17, 15) is 32.3 Å². The Morgan fingerprint density at radius 3 is 2.39 bits per heavy atom. The van der Waals surface area contributed by atoms with Gasteiger partial charge in [-0.05, 0) is 37.3 Å². The molecule has 2 aromatic heterocycles. The zero-order valence-corrected chi connectivity index (χ0v) is 21.4. The smallest absolute Gasteiger partial charge is 0.424 e. The summed E-state index contributed by atoms with van der Waals surface area (Å²) in [6.07, 6.45) is -4.12. The molecular formula is C28H23F4N5O4. The maximum Gasteiger partial charge on any atom is 0.424 e. The van der Waals surface area contributed by atoms with E-state index in [0.29, 0.717) is 5.56 Å². The van der Waals surface area contributed by atoms with E-state index in [4.69, 9.17) is 10.5 Å². The van der Waals surface area contributed by atoms with Crippen molar-refractivity contribution in [3.8, 4) is 28.3 Å². The molecule has 5 N–H and O–H groups in total. The van der Waals surface area contributed by atoms with Crippen LogP contribution in [0.25, 0.3) is 22.5 Å². The number of hydrogen-bond donors (Lipinski definition) is 4. The standard InChI is InChI=1S/C28H23F4N5O4/c1-26(25(33)39)14-41-23-19(26)11-20(36-22(23)16-7-9-17(29)10-8-16)27(40,28(30,31)32)13-34-24(38)18-12-35-37-21(18)15-5-3-2-4-6-15/h2-12,40H,13-14H2,1H3,(H2,33,39)(H,34,38)(H,35,37)/t26-,27?/m0/s1. The van der Waals surface area contributed by atoms with Crippen LogP contribution >= 0.6 is 0 Å². The van der Waals surface area contributed by atoms with E-state index < -0.39 is 47.1 Å². The molecule has 2 amide bonds. The first-order valence-corrected chi connectivity index (χ1v) is 12.3. The van der Waals surface area contributed by atoms with E-state index in [1.165, 1.54) is 25.3 Å². The highest BCUT2D eigenvalue weighted by Crippen LogP contribution is 2.47. The lowest BCUT2D eigenvalue weighted by atomic mass is 9.81. The number of carbonyl (C=O) groups is 2. The predicted octanol–water partition coefficient (Wildman–Crippen LogP) is 3.59. The van der Waals surface area contributed by atoms with Gasteiger partial charge in [-0.25, -0.2) is 9.37 Å². The molecule has 5 rings (SSSR count). The van der Waals surface area contributed by atoms with Gasteiger partial charge in [-0.1, -0.05) is 30.3 Å². The number of ether oxygens (including phenoxy) is 1. The Morgan fingerprint density at radius 2 is 1.76 bits per heavy atom. The van der Waals surface area contributed by atoms with Crippen LogP contribution in [0.5, 0.6) is 5.75 Å². The van der Waals surface area contributed by atoms with Gasteiger partial charge in [0.05, 0.1) is 17.8 Å². The summed E-state index contributed by atoms with van der Waals surface area (Å²) in [5.41, 5.74) is 0.0262. The lowest BCUT2D eigenvalue weighted by Gasteiger charge is -2.31. The number of aliphatic hydroxyl groups is 1. The Kier molecular flexibility index (Phi) is 6.77. The summed E-state index contributed by atoms with van der Waals surface area (Å²) in [7, 11) is 0. The van der Waals surface area contributed by atoms with Crippen LogP contribution in [0.1, 0.15) is 28.5 Å². The van der Waals surface area contributed by atoms with Crippen molar-refractivity contribution >= 4 is 11.8 Å². The molecule has 9 nitrogen and oxygen atoms in total. The Balaban J connectivity index is 1.58. The molecule has 1 aliphatic heterocycles. The van der Waals surface area contributed by atoms with Gasteiger partial charge in [0.25, 0.3) is 5.91 Å². The van der Waals surface area contributed by atoms with Crippen molar-refractivity contribution in [1.29, 1.82) is 0 Å². The quantitative estimate of drug-likeness (QED) is 0.251. The SMILES string of the molecule is C[C@]1(C(N)=O)COc2c1cc(C(O)(CNC(=O)c1c[nH]nc1-c1ccccc1)C(F)(F)F)nc2-c1ccc(F)cc1. The van der Waals surface area contributed by atoms with Crippen LogP contribution in [-0.4, -0.2) is 51.4 Å². The molecule has 0 radical (unpaired) electrons. The van der Waals surface area contributed by atoms with Gasteiger partial charge in [0, 0.05) is 22.9 Å². The number of rotatable bonds is 7. The molecule has 2 aromatic carbocycles. The summed E-state index contributed by atoms with van der Waals surface area (Å²) in [4.78, 5) is 29.4. The zero-order chi connectivity index (χ0) is 29.6. The largest absolute Gasteiger partial charge is 0.489 e. The van der Waals surface area contributed by atoms with Gasteiger partial charge in [-0.2, -0.15) is 18.3 Å².